The number of anilines is 1. The van der Waals surface area contributed by atoms with Crippen molar-refractivity contribution in [3.63, 3.8) is 0 Å². The topological polar surface area (TPSA) is 61.0 Å². The van der Waals surface area contributed by atoms with Gasteiger partial charge in [-0.1, -0.05) is 0 Å². The summed E-state index contributed by atoms with van der Waals surface area (Å²) in [5.41, 5.74) is 1.68. The highest BCUT2D eigenvalue weighted by Gasteiger charge is 2.24. The first-order valence-electron chi connectivity index (χ1n) is 9.32. The molecule has 1 aliphatic rings. The van der Waals surface area contributed by atoms with Crippen molar-refractivity contribution in [1.29, 1.82) is 0 Å². The highest BCUT2D eigenvalue weighted by molar-refractivity contribution is 5.94. The molecule has 1 atom stereocenters. The summed E-state index contributed by atoms with van der Waals surface area (Å²) in [6.07, 6.45) is 1.63. The summed E-state index contributed by atoms with van der Waals surface area (Å²) in [5, 5.41) is 10.2. The number of halogens is 3. The SMILES string of the molecule is O=C(N[C@@H]1CCCN(c2cc(-c3ccc(F)cc3)[nH]n2)C1)c1ccc(F)c(F)c1. The molecule has 3 aromatic rings. The number of hydrogen-bond donors (Lipinski definition) is 2. The molecule has 8 heteroatoms. The summed E-state index contributed by atoms with van der Waals surface area (Å²) < 4.78 is 39.5. The fourth-order valence-electron chi connectivity index (χ4n) is 3.46. The van der Waals surface area contributed by atoms with Crippen molar-refractivity contribution in [3.8, 4) is 11.3 Å². The number of carbonyl (C=O) groups is 1. The third-order valence-corrected chi connectivity index (χ3v) is 4.98. The number of hydrogen-bond acceptors (Lipinski definition) is 3. The Balaban J connectivity index is 1.42. The molecule has 1 aliphatic heterocycles. The molecule has 1 saturated heterocycles. The summed E-state index contributed by atoms with van der Waals surface area (Å²) in [6.45, 7) is 1.33. The number of aromatic amines is 1. The molecular weight excluding hydrogens is 381 g/mol. The second kappa shape index (κ2) is 7.98. The van der Waals surface area contributed by atoms with E-state index in [9.17, 15) is 18.0 Å². The van der Waals surface area contributed by atoms with Crippen LogP contribution in [0, 0.1) is 17.5 Å². The van der Waals surface area contributed by atoms with Crippen molar-refractivity contribution in [3.05, 3.63) is 71.5 Å². The molecule has 0 aliphatic carbocycles. The normalized spacial score (nSPS) is 16.7. The van der Waals surface area contributed by atoms with Crippen molar-refractivity contribution in [2.24, 2.45) is 0 Å². The second-order valence-corrected chi connectivity index (χ2v) is 7.03. The van der Waals surface area contributed by atoms with E-state index in [1.807, 2.05) is 11.0 Å². The van der Waals surface area contributed by atoms with Crippen LogP contribution in [0.4, 0.5) is 19.0 Å². The van der Waals surface area contributed by atoms with Crippen molar-refractivity contribution >= 4 is 11.7 Å². The van der Waals surface area contributed by atoms with Crippen molar-refractivity contribution in [2.75, 3.05) is 18.0 Å². The highest BCUT2D eigenvalue weighted by Crippen LogP contribution is 2.24. The van der Waals surface area contributed by atoms with Crippen LogP contribution in [0.2, 0.25) is 0 Å². The van der Waals surface area contributed by atoms with Crippen molar-refractivity contribution in [2.45, 2.75) is 18.9 Å². The second-order valence-electron chi connectivity index (χ2n) is 7.03. The summed E-state index contributed by atoms with van der Waals surface area (Å²) in [4.78, 5) is 14.4. The lowest BCUT2D eigenvalue weighted by Crippen LogP contribution is -2.48. The number of piperidine rings is 1. The van der Waals surface area contributed by atoms with E-state index < -0.39 is 17.5 Å². The van der Waals surface area contributed by atoms with Gasteiger partial charge in [0, 0.05) is 30.8 Å². The van der Waals surface area contributed by atoms with Gasteiger partial charge in [-0.3, -0.25) is 9.89 Å². The summed E-state index contributed by atoms with van der Waals surface area (Å²) in [6, 6.07) is 11.0. The minimum atomic E-state index is -1.05. The first kappa shape index (κ1) is 19.0. The predicted molar refractivity (Wildman–Crippen MR) is 103 cm³/mol. The number of amides is 1. The summed E-state index contributed by atoms with van der Waals surface area (Å²) in [7, 11) is 0. The molecule has 5 nitrogen and oxygen atoms in total. The molecule has 1 amide bonds. The molecule has 1 aromatic heterocycles. The molecule has 29 heavy (non-hydrogen) atoms. The van der Waals surface area contributed by atoms with E-state index in [1.165, 1.54) is 18.2 Å². The van der Waals surface area contributed by atoms with Crippen LogP contribution in [0.5, 0.6) is 0 Å². The van der Waals surface area contributed by atoms with Gasteiger partial charge in [0.2, 0.25) is 0 Å². The fraction of sp³-hybridized carbons (Fsp3) is 0.238. The lowest BCUT2D eigenvalue weighted by atomic mass is 10.0. The number of benzene rings is 2. The zero-order valence-corrected chi connectivity index (χ0v) is 15.5. The summed E-state index contributed by atoms with van der Waals surface area (Å²) >= 11 is 0. The van der Waals surface area contributed by atoms with Gasteiger partial charge in [0.1, 0.15) is 5.82 Å². The molecule has 2 N–H and O–H groups in total. The van der Waals surface area contributed by atoms with E-state index in [0.717, 1.165) is 48.6 Å². The molecule has 150 valence electrons. The third-order valence-electron chi connectivity index (χ3n) is 4.98. The maximum absolute atomic E-state index is 13.4. The Hall–Kier alpha value is -3.29. The van der Waals surface area contributed by atoms with Gasteiger partial charge in [-0.2, -0.15) is 5.10 Å². The number of rotatable bonds is 4. The van der Waals surface area contributed by atoms with E-state index in [4.69, 9.17) is 0 Å². The fourth-order valence-corrected chi connectivity index (χ4v) is 3.46. The molecule has 0 bridgehead atoms. The molecule has 0 saturated carbocycles. The van der Waals surface area contributed by atoms with Gasteiger partial charge in [0.25, 0.3) is 5.91 Å². The van der Waals surface area contributed by atoms with Crippen LogP contribution in [0.3, 0.4) is 0 Å². The van der Waals surface area contributed by atoms with Crippen LogP contribution >= 0.6 is 0 Å². The monoisotopic (exact) mass is 400 g/mol. The average Bonchev–Trinajstić information content (AvgIpc) is 3.21. The Morgan fingerprint density at radius 3 is 2.62 bits per heavy atom. The minimum absolute atomic E-state index is 0.0828. The third kappa shape index (κ3) is 4.26. The maximum atomic E-state index is 13.4. The number of H-pyrrole nitrogens is 1. The largest absolute Gasteiger partial charge is 0.353 e. The predicted octanol–water partition coefficient (Wildman–Crippen LogP) is 3.89. The van der Waals surface area contributed by atoms with Gasteiger partial charge in [-0.15, -0.1) is 0 Å². The molecule has 1 fully saturated rings. The lowest BCUT2D eigenvalue weighted by Gasteiger charge is -2.33. The van der Waals surface area contributed by atoms with E-state index in [0.29, 0.717) is 6.54 Å². The molecule has 0 radical (unpaired) electrons. The smallest absolute Gasteiger partial charge is 0.251 e. The maximum Gasteiger partial charge on any atom is 0.251 e. The van der Waals surface area contributed by atoms with Gasteiger partial charge in [-0.05, 0) is 60.9 Å². The van der Waals surface area contributed by atoms with E-state index in [2.05, 4.69) is 15.5 Å². The number of nitrogens with zero attached hydrogens (tertiary/aromatic N) is 2. The molecule has 0 spiro atoms. The minimum Gasteiger partial charge on any atom is -0.353 e. The van der Waals surface area contributed by atoms with Crippen molar-refractivity contribution < 1.29 is 18.0 Å². The first-order chi connectivity index (χ1) is 14.0. The van der Waals surface area contributed by atoms with Crippen LogP contribution in [0.25, 0.3) is 11.3 Å². The van der Waals surface area contributed by atoms with Crippen LogP contribution in [-0.2, 0) is 0 Å². The van der Waals surface area contributed by atoms with E-state index in [1.54, 1.807) is 12.1 Å². The van der Waals surface area contributed by atoms with Gasteiger partial charge >= 0.3 is 0 Å². The van der Waals surface area contributed by atoms with Gasteiger partial charge in [0.15, 0.2) is 17.5 Å². The molecule has 4 rings (SSSR count). The van der Waals surface area contributed by atoms with Gasteiger partial charge < -0.3 is 10.2 Å². The van der Waals surface area contributed by atoms with E-state index in [-0.39, 0.29) is 17.4 Å². The standard InChI is InChI=1S/C21H19F3N4O/c22-15-6-3-13(4-7-15)19-11-20(27-26-19)28-9-1-2-16(12-28)25-21(29)14-5-8-17(23)18(24)10-14/h3-8,10-11,16H,1-2,9,12H2,(H,25,29)(H,26,27)/t16-/m1/s1. The lowest BCUT2D eigenvalue weighted by molar-refractivity contribution is 0.0932. The zero-order chi connectivity index (χ0) is 20.4. The molecule has 2 heterocycles. The number of nitrogens with one attached hydrogen (secondary N) is 2. The Morgan fingerprint density at radius 1 is 1.07 bits per heavy atom. The average molecular weight is 400 g/mol. The molecule has 0 unspecified atom stereocenters. The van der Waals surface area contributed by atoms with E-state index >= 15 is 0 Å². The van der Waals surface area contributed by atoms with Crippen LogP contribution in [-0.4, -0.2) is 35.2 Å². The Labute approximate surface area is 165 Å². The van der Waals surface area contributed by atoms with Crippen molar-refractivity contribution in [1.82, 2.24) is 15.5 Å². The zero-order valence-electron chi connectivity index (χ0n) is 15.5. The molecular formula is C21H19F3N4O. The first-order valence-corrected chi connectivity index (χ1v) is 9.32. The number of aromatic nitrogens is 2. The quantitative estimate of drug-likeness (QED) is 0.699. The van der Waals surface area contributed by atoms with Crippen LogP contribution in [0.1, 0.15) is 23.2 Å². The summed E-state index contributed by atoms with van der Waals surface area (Å²) in [5.74, 6) is -2.04. The Morgan fingerprint density at radius 2 is 1.86 bits per heavy atom. The van der Waals surface area contributed by atoms with Gasteiger partial charge in [0.05, 0.1) is 5.69 Å². The Kier molecular flexibility index (Phi) is 5.24. The highest BCUT2D eigenvalue weighted by atomic mass is 19.2. The van der Waals surface area contributed by atoms with Crippen LogP contribution in [0.15, 0.2) is 48.5 Å². The van der Waals surface area contributed by atoms with Crippen LogP contribution < -0.4 is 10.2 Å². The van der Waals surface area contributed by atoms with Gasteiger partial charge in [-0.25, -0.2) is 13.2 Å². The Bertz CT molecular complexity index is 1020. The molecule has 2 aromatic carbocycles. The number of carbonyl (C=O) groups excluding carboxylic acids is 1.